The van der Waals surface area contributed by atoms with Crippen molar-refractivity contribution >= 4 is 23.1 Å². The number of ether oxygens (including phenoxy) is 1. The number of amides is 1. The van der Waals surface area contributed by atoms with E-state index in [1.807, 2.05) is 0 Å². The minimum Gasteiger partial charge on any atom is -0.507 e. The van der Waals surface area contributed by atoms with E-state index in [0.717, 1.165) is 17.0 Å². The van der Waals surface area contributed by atoms with Gasteiger partial charge in [0.15, 0.2) is 0 Å². The fraction of sp³-hybridized carbons (Fsp3) is 0.120. The van der Waals surface area contributed by atoms with E-state index in [4.69, 9.17) is 4.74 Å². The van der Waals surface area contributed by atoms with Gasteiger partial charge in [0, 0.05) is 11.3 Å². The van der Waals surface area contributed by atoms with Crippen molar-refractivity contribution < 1.29 is 32.6 Å². The van der Waals surface area contributed by atoms with Crippen molar-refractivity contribution in [2.45, 2.75) is 12.2 Å². The Hall–Kier alpha value is -4.07. The molecule has 3 aromatic carbocycles. The van der Waals surface area contributed by atoms with E-state index < -0.39 is 35.2 Å². The fourth-order valence-electron chi connectivity index (χ4n) is 3.79. The molecule has 1 fully saturated rings. The third kappa shape index (κ3) is 4.07. The van der Waals surface area contributed by atoms with Gasteiger partial charge in [0.1, 0.15) is 11.5 Å². The van der Waals surface area contributed by atoms with E-state index in [-0.39, 0.29) is 16.8 Å². The standard InChI is InChI=1S/C25H18F3NO4/c1-33-19-12-10-16(11-13-19)22(30)20-21(15-6-3-2-4-7-15)29(24(32)23(20)31)18-9-5-8-17(14-18)25(26,27)28/h2-14,21,30H,1H3/t21-/m0/s1. The smallest absolute Gasteiger partial charge is 0.416 e. The Balaban J connectivity index is 1.91. The van der Waals surface area contributed by atoms with Crippen LogP contribution in [-0.2, 0) is 15.8 Å². The molecule has 1 heterocycles. The highest BCUT2D eigenvalue weighted by Gasteiger charge is 2.47. The van der Waals surface area contributed by atoms with Crippen molar-refractivity contribution in [1.29, 1.82) is 0 Å². The third-order valence-electron chi connectivity index (χ3n) is 5.37. The molecule has 1 amide bonds. The average molecular weight is 453 g/mol. The van der Waals surface area contributed by atoms with E-state index in [1.54, 1.807) is 42.5 Å². The molecule has 3 aromatic rings. The van der Waals surface area contributed by atoms with Gasteiger partial charge in [-0.1, -0.05) is 36.4 Å². The first-order valence-corrected chi connectivity index (χ1v) is 9.90. The molecule has 0 bridgehead atoms. The van der Waals surface area contributed by atoms with E-state index in [9.17, 15) is 27.9 Å². The van der Waals surface area contributed by atoms with Crippen molar-refractivity contribution in [3.8, 4) is 5.75 Å². The summed E-state index contributed by atoms with van der Waals surface area (Å²) in [6.07, 6.45) is -4.63. The second-order valence-corrected chi connectivity index (χ2v) is 7.36. The minimum atomic E-state index is -4.63. The highest BCUT2D eigenvalue weighted by molar-refractivity contribution is 6.51. The molecule has 33 heavy (non-hydrogen) atoms. The Kier molecular flexibility index (Phi) is 5.68. The van der Waals surface area contributed by atoms with E-state index in [2.05, 4.69) is 0 Å². The number of carbonyl (C=O) groups excluding carboxylic acids is 2. The van der Waals surface area contributed by atoms with Gasteiger partial charge >= 0.3 is 6.18 Å². The summed E-state index contributed by atoms with van der Waals surface area (Å²) in [6.45, 7) is 0. The fourth-order valence-corrected chi connectivity index (χ4v) is 3.79. The topological polar surface area (TPSA) is 66.8 Å². The zero-order chi connectivity index (χ0) is 23.8. The molecule has 5 nitrogen and oxygen atoms in total. The van der Waals surface area contributed by atoms with Crippen LogP contribution >= 0.6 is 0 Å². The van der Waals surface area contributed by atoms with Gasteiger partial charge in [-0.05, 0) is 48.0 Å². The summed E-state index contributed by atoms with van der Waals surface area (Å²) >= 11 is 0. The number of benzene rings is 3. The molecule has 0 aliphatic carbocycles. The number of carbonyl (C=O) groups is 2. The van der Waals surface area contributed by atoms with Crippen LogP contribution in [0.1, 0.15) is 22.7 Å². The quantitative estimate of drug-likeness (QED) is 0.329. The number of aliphatic hydroxyl groups is 1. The second-order valence-electron chi connectivity index (χ2n) is 7.36. The summed E-state index contributed by atoms with van der Waals surface area (Å²) in [7, 11) is 1.48. The van der Waals surface area contributed by atoms with Crippen molar-refractivity contribution in [3.05, 3.63) is 101 Å². The van der Waals surface area contributed by atoms with Crippen molar-refractivity contribution in [1.82, 2.24) is 0 Å². The summed E-state index contributed by atoms with van der Waals surface area (Å²) < 4.78 is 45.0. The van der Waals surface area contributed by atoms with Crippen LogP contribution in [0.3, 0.4) is 0 Å². The molecule has 1 aliphatic heterocycles. The maximum atomic E-state index is 13.3. The lowest BCUT2D eigenvalue weighted by molar-refractivity contribution is -0.137. The molecule has 4 rings (SSSR count). The largest absolute Gasteiger partial charge is 0.507 e. The predicted octanol–water partition coefficient (Wildman–Crippen LogP) is 5.34. The summed E-state index contributed by atoms with van der Waals surface area (Å²) in [6, 6.07) is 17.6. The Morgan fingerprint density at radius 3 is 2.21 bits per heavy atom. The Labute approximate surface area is 187 Å². The Bertz CT molecular complexity index is 1230. The highest BCUT2D eigenvalue weighted by Crippen LogP contribution is 2.43. The maximum Gasteiger partial charge on any atom is 0.416 e. The van der Waals surface area contributed by atoms with Gasteiger partial charge in [0.25, 0.3) is 11.7 Å². The van der Waals surface area contributed by atoms with Crippen LogP contribution in [0.4, 0.5) is 18.9 Å². The lowest BCUT2D eigenvalue weighted by atomic mass is 9.95. The molecule has 1 atom stereocenters. The van der Waals surface area contributed by atoms with Gasteiger partial charge in [0.2, 0.25) is 0 Å². The molecular weight excluding hydrogens is 435 g/mol. The first-order chi connectivity index (χ1) is 15.7. The van der Waals surface area contributed by atoms with E-state index >= 15 is 0 Å². The average Bonchev–Trinajstić information content (AvgIpc) is 3.09. The number of ketones is 1. The molecule has 0 radical (unpaired) electrons. The summed E-state index contributed by atoms with van der Waals surface area (Å²) in [5, 5.41) is 11.0. The second kappa shape index (κ2) is 8.46. The zero-order valence-electron chi connectivity index (χ0n) is 17.3. The number of hydrogen-bond acceptors (Lipinski definition) is 4. The third-order valence-corrected chi connectivity index (χ3v) is 5.37. The lowest BCUT2D eigenvalue weighted by Crippen LogP contribution is -2.29. The number of Topliss-reactive ketones (excluding diaryl/α,β-unsaturated/α-hetero) is 1. The number of alkyl halides is 3. The van der Waals surface area contributed by atoms with Crippen LogP contribution in [0.5, 0.6) is 5.75 Å². The van der Waals surface area contributed by atoms with Crippen molar-refractivity contribution in [2.75, 3.05) is 12.0 Å². The summed E-state index contributed by atoms with van der Waals surface area (Å²) in [4.78, 5) is 27.1. The first-order valence-electron chi connectivity index (χ1n) is 9.90. The predicted molar refractivity (Wildman–Crippen MR) is 116 cm³/mol. The Morgan fingerprint density at radius 1 is 0.939 bits per heavy atom. The van der Waals surface area contributed by atoms with Gasteiger partial charge < -0.3 is 9.84 Å². The summed E-state index contributed by atoms with van der Waals surface area (Å²) in [5.41, 5.74) is -0.546. The van der Waals surface area contributed by atoms with Gasteiger partial charge in [0.05, 0.1) is 24.3 Å². The van der Waals surface area contributed by atoms with Crippen LogP contribution in [0.25, 0.3) is 5.76 Å². The van der Waals surface area contributed by atoms with Crippen molar-refractivity contribution in [3.63, 3.8) is 0 Å². The molecule has 0 aromatic heterocycles. The van der Waals surface area contributed by atoms with Crippen LogP contribution in [-0.4, -0.2) is 23.9 Å². The normalized spacial score (nSPS) is 17.9. The van der Waals surface area contributed by atoms with Crippen molar-refractivity contribution in [2.24, 2.45) is 0 Å². The lowest BCUT2D eigenvalue weighted by Gasteiger charge is -2.26. The number of aliphatic hydroxyl groups excluding tert-OH is 1. The maximum absolute atomic E-state index is 13.3. The molecule has 0 unspecified atom stereocenters. The van der Waals surface area contributed by atoms with E-state index in [0.29, 0.717) is 11.3 Å². The monoisotopic (exact) mass is 453 g/mol. The van der Waals surface area contributed by atoms with Gasteiger partial charge in [-0.25, -0.2) is 0 Å². The first kappa shape index (κ1) is 22.1. The van der Waals surface area contributed by atoms with Crippen LogP contribution in [0.15, 0.2) is 84.4 Å². The Morgan fingerprint density at radius 2 is 1.61 bits per heavy atom. The highest BCUT2D eigenvalue weighted by atomic mass is 19.4. The number of nitrogens with zero attached hydrogens (tertiary/aromatic N) is 1. The number of hydrogen-bond donors (Lipinski definition) is 1. The number of methoxy groups -OCH3 is 1. The number of anilines is 1. The molecule has 1 saturated heterocycles. The van der Waals surface area contributed by atoms with Gasteiger partial charge in [-0.2, -0.15) is 13.2 Å². The van der Waals surface area contributed by atoms with E-state index in [1.165, 1.54) is 31.4 Å². The molecule has 0 spiro atoms. The number of halogens is 3. The molecule has 1 aliphatic rings. The number of rotatable bonds is 4. The molecule has 8 heteroatoms. The van der Waals surface area contributed by atoms with Crippen LogP contribution in [0.2, 0.25) is 0 Å². The SMILES string of the molecule is COc1ccc(C(O)=C2C(=O)C(=O)N(c3cccc(C(F)(F)F)c3)[C@H]2c2ccccc2)cc1. The minimum absolute atomic E-state index is 0.102. The van der Waals surface area contributed by atoms with Gasteiger partial charge in [-0.3, -0.25) is 14.5 Å². The molecule has 168 valence electrons. The van der Waals surface area contributed by atoms with Crippen LogP contribution in [0, 0.1) is 0 Å². The molecular formula is C25H18F3NO4. The van der Waals surface area contributed by atoms with Crippen LogP contribution < -0.4 is 9.64 Å². The zero-order valence-corrected chi connectivity index (χ0v) is 17.3. The molecule has 0 saturated carbocycles. The van der Waals surface area contributed by atoms with Gasteiger partial charge in [-0.15, -0.1) is 0 Å². The molecule has 1 N–H and O–H groups in total. The summed E-state index contributed by atoms with van der Waals surface area (Å²) in [5.74, 6) is -1.93.